The number of halogens is 1. The second kappa shape index (κ2) is 5.10. The van der Waals surface area contributed by atoms with E-state index in [2.05, 4.69) is 17.3 Å². The highest BCUT2D eigenvalue weighted by Gasteiger charge is 2.09. The number of hydrogen-bond acceptors (Lipinski definition) is 2. The average molecular weight is 199 g/mol. The van der Waals surface area contributed by atoms with E-state index < -0.39 is 0 Å². The Morgan fingerprint density at radius 3 is 2.71 bits per heavy atom. The number of nitrogens with zero attached hydrogens (tertiary/aromatic N) is 2. The van der Waals surface area contributed by atoms with E-state index >= 15 is 0 Å². The highest BCUT2D eigenvalue weighted by atomic mass is 19.1. The topological polar surface area (TPSA) is 29.9 Å². The molecule has 80 valence electrons. The van der Waals surface area contributed by atoms with Gasteiger partial charge in [0.05, 0.1) is 12.2 Å². The van der Waals surface area contributed by atoms with Crippen molar-refractivity contribution in [1.29, 1.82) is 0 Å². The van der Waals surface area contributed by atoms with E-state index in [1.807, 2.05) is 13.8 Å². The lowest BCUT2D eigenvalue weighted by molar-refractivity contribution is 0.422. The largest absolute Gasteiger partial charge is 0.313 e. The van der Waals surface area contributed by atoms with Crippen molar-refractivity contribution < 1.29 is 4.39 Å². The summed E-state index contributed by atoms with van der Waals surface area (Å²) in [4.78, 5) is 0. The number of alkyl halides is 1. The predicted octanol–water partition coefficient (Wildman–Crippen LogP) is 1.58. The van der Waals surface area contributed by atoms with Crippen molar-refractivity contribution in [3.05, 3.63) is 17.0 Å². The second-order valence-electron chi connectivity index (χ2n) is 3.34. The fourth-order valence-corrected chi connectivity index (χ4v) is 1.54. The van der Waals surface area contributed by atoms with E-state index in [-0.39, 0.29) is 6.67 Å². The summed E-state index contributed by atoms with van der Waals surface area (Å²) >= 11 is 0. The Bertz CT molecular complexity index is 294. The number of hydrogen-bond donors (Lipinski definition) is 1. The van der Waals surface area contributed by atoms with Gasteiger partial charge in [-0.1, -0.05) is 6.92 Å². The van der Waals surface area contributed by atoms with Gasteiger partial charge < -0.3 is 5.32 Å². The van der Waals surface area contributed by atoms with Gasteiger partial charge in [0, 0.05) is 17.8 Å². The van der Waals surface area contributed by atoms with Crippen molar-refractivity contribution in [2.45, 2.75) is 33.9 Å². The molecule has 0 aliphatic rings. The molecule has 0 atom stereocenters. The molecule has 3 nitrogen and oxygen atoms in total. The van der Waals surface area contributed by atoms with Crippen LogP contribution in [0.15, 0.2) is 0 Å². The number of aryl methyl sites for hydroxylation is 2. The molecule has 1 rings (SSSR count). The van der Waals surface area contributed by atoms with Gasteiger partial charge in [0.15, 0.2) is 0 Å². The number of aromatic nitrogens is 2. The first-order chi connectivity index (χ1) is 6.70. The normalized spacial score (nSPS) is 10.9. The molecule has 1 aromatic heterocycles. The molecular weight excluding hydrogens is 181 g/mol. The van der Waals surface area contributed by atoms with Gasteiger partial charge in [0.1, 0.15) is 6.67 Å². The number of rotatable bonds is 5. The number of nitrogens with one attached hydrogen (secondary N) is 1. The first-order valence-electron chi connectivity index (χ1n) is 5.00. The minimum atomic E-state index is -0.359. The maximum atomic E-state index is 12.2. The third kappa shape index (κ3) is 2.32. The van der Waals surface area contributed by atoms with Crippen molar-refractivity contribution in [3.63, 3.8) is 0 Å². The Morgan fingerprint density at radius 2 is 2.14 bits per heavy atom. The van der Waals surface area contributed by atoms with E-state index in [9.17, 15) is 4.39 Å². The van der Waals surface area contributed by atoms with Crippen LogP contribution in [0.5, 0.6) is 0 Å². The lowest BCUT2D eigenvalue weighted by atomic mass is 10.2. The Morgan fingerprint density at radius 1 is 1.43 bits per heavy atom. The molecule has 0 saturated carbocycles. The molecular formula is C10H18FN3. The first kappa shape index (κ1) is 11.2. The zero-order valence-corrected chi connectivity index (χ0v) is 9.10. The molecule has 14 heavy (non-hydrogen) atoms. The Kier molecular flexibility index (Phi) is 4.07. The van der Waals surface area contributed by atoms with Gasteiger partial charge in [-0.05, 0) is 20.4 Å². The van der Waals surface area contributed by atoms with E-state index in [0.717, 1.165) is 24.5 Å². The second-order valence-corrected chi connectivity index (χ2v) is 3.34. The zero-order valence-electron chi connectivity index (χ0n) is 9.10. The molecule has 0 aliphatic carbocycles. The monoisotopic (exact) mass is 199 g/mol. The molecule has 1 heterocycles. The Hall–Kier alpha value is -0.900. The molecule has 0 radical (unpaired) electrons. The zero-order chi connectivity index (χ0) is 10.6. The molecule has 1 aromatic rings. The predicted molar refractivity (Wildman–Crippen MR) is 55.1 cm³/mol. The van der Waals surface area contributed by atoms with Crippen molar-refractivity contribution in [1.82, 2.24) is 15.1 Å². The summed E-state index contributed by atoms with van der Waals surface area (Å²) in [6, 6.07) is 0. The first-order valence-corrected chi connectivity index (χ1v) is 5.00. The van der Waals surface area contributed by atoms with E-state index in [4.69, 9.17) is 0 Å². The van der Waals surface area contributed by atoms with Gasteiger partial charge in [-0.15, -0.1) is 0 Å². The van der Waals surface area contributed by atoms with Crippen molar-refractivity contribution in [3.8, 4) is 0 Å². The van der Waals surface area contributed by atoms with Crippen LogP contribution in [-0.2, 0) is 13.1 Å². The minimum absolute atomic E-state index is 0.359. The van der Waals surface area contributed by atoms with E-state index in [1.54, 1.807) is 4.68 Å². The lowest BCUT2D eigenvalue weighted by Crippen LogP contribution is -2.13. The SMILES string of the molecule is CCNCc1c(C)nn(CCF)c1C. The molecule has 0 fully saturated rings. The van der Waals surface area contributed by atoms with Crippen LogP contribution in [0.25, 0.3) is 0 Å². The molecule has 1 N–H and O–H groups in total. The van der Waals surface area contributed by atoms with Crippen LogP contribution in [-0.4, -0.2) is 23.0 Å². The fourth-order valence-electron chi connectivity index (χ4n) is 1.54. The van der Waals surface area contributed by atoms with Crippen LogP contribution in [0, 0.1) is 13.8 Å². The van der Waals surface area contributed by atoms with Crippen LogP contribution in [0.3, 0.4) is 0 Å². The average Bonchev–Trinajstić information content (AvgIpc) is 2.41. The summed E-state index contributed by atoms with van der Waals surface area (Å²) < 4.78 is 13.9. The summed E-state index contributed by atoms with van der Waals surface area (Å²) in [6.45, 7) is 7.78. The molecule has 0 unspecified atom stereocenters. The van der Waals surface area contributed by atoms with Crippen molar-refractivity contribution in [2.75, 3.05) is 13.2 Å². The Balaban J connectivity index is 2.81. The third-order valence-corrected chi connectivity index (χ3v) is 2.38. The molecule has 0 saturated heterocycles. The summed E-state index contributed by atoms with van der Waals surface area (Å²) in [6.07, 6.45) is 0. The highest BCUT2D eigenvalue weighted by molar-refractivity contribution is 5.24. The maximum Gasteiger partial charge on any atom is 0.109 e. The highest BCUT2D eigenvalue weighted by Crippen LogP contribution is 2.12. The van der Waals surface area contributed by atoms with Crippen LogP contribution >= 0.6 is 0 Å². The van der Waals surface area contributed by atoms with Gasteiger partial charge in [-0.2, -0.15) is 5.10 Å². The minimum Gasteiger partial charge on any atom is -0.313 e. The van der Waals surface area contributed by atoms with Gasteiger partial charge in [-0.25, -0.2) is 4.39 Å². The van der Waals surface area contributed by atoms with E-state index in [1.165, 1.54) is 5.56 Å². The molecule has 0 amide bonds. The lowest BCUT2D eigenvalue weighted by Gasteiger charge is -2.03. The smallest absolute Gasteiger partial charge is 0.109 e. The summed E-state index contributed by atoms with van der Waals surface area (Å²) in [5.74, 6) is 0. The van der Waals surface area contributed by atoms with Crippen LogP contribution < -0.4 is 5.32 Å². The Labute approximate surface area is 84.3 Å². The quantitative estimate of drug-likeness (QED) is 0.780. The molecule has 0 spiro atoms. The standard InChI is InChI=1S/C10H18FN3/c1-4-12-7-10-8(2)13-14(6-5-11)9(10)3/h12H,4-7H2,1-3H3. The van der Waals surface area contributed by atoms with Crippen LogP contribution in [0.2, 0.25) is 0 Å². The van der Waals surface area contributed by atoms with Gasteiger partial charge in [0.2, 0.25) is 0 Å². The third-order valence-electron chi connectivity index (χ3n) is 2.38. The maximum absolute atomic E-state index is 12.2. The van der Waals surface area contributed by atoms with Crippen molar-refractivity contribution in [2.24, 2.45) is 0 Å². The summed E-state index contributed by atoms with van der Waals surface area (Å²) in [5.41, 5.74) is 3.26. The molecule has 0 aliphatic heterocycles. The molecule has 0 aromatic carbocycles. The van der Waals surface area contributed by atoms with Gasteiger partial charge in [0.25, 0.3) is 0 Å². The van der Waals surface area contributed by atoms with Gasteiger partial charge in [-0.3, -0.25) is 4.68 Å². The van der Waals surface area contributed by atoms with Crippen LogP contribution in [0.1, 0.15) is 23.9 Å². The molecule has 0 bridgehead atoms. The fraction of sp³-hybridized carbons (Fsp3) is 0.700. The molecule has 4 heteroatoms. The van der Waals surface area contributed by atoms with E-state index in [0.29, 0.717) is 6.54 Å². The van der Waals surface area contributed by atoms with Gasteiger partial charge >= 0.3 is 0 Å². The summed E-state index contributed by atoms with van der Waals surface area (Å²) in [7, 11) is 0. The summed E-state index contributed by atoms with van der Waals surface area (Å²) in [5, 5.41) is 7.54. The van der Waals surface area contributed by atoms with Crippen LogP contribution in [0.4, 0.5) is 4.39 Å². The van der Waals surface area contributed by atoms with Crippen molar-refractivity contribution >= 4 is 0 Å².